The molecule has 1 N–H and O–H groups in total. The number of rotatable bonds is 4. The summed E-state index contributed by atoms with van der Waals surface area (Å²) in [5, 5.41) is 3.89. The second kappa shape index (κ2) is 6.26. The highest BCUT2D eigenvalue weighted by Gasteiger charge is 2.16. The van der Waals surface area contributed by atoms with E-state index in [0.29, 0.717) is 17.1 Å². The molecular formula is C17H16N2O3S. The lowest BCUT2D eigenvalue weighted by Gasteiger charge is -2.12. The summed E-state index contributed by atoms with van der Waals surface area (Å²) in [4.78, 5) is 17.0. The van der Waals surface area contributed by atoms with E-state index in [4.69, 9.17) is 9.47 Å². The van der Waals surface area contributed by atoms with Crippen molar-refractivity contribution in [2.24, 2.45) is 0 Å². The molecule has 0 fully saturated rings. The summed E-state index contributed by atoms with van der Waals surface area (Å²) in [7, 11) is 3.06. The van der Waals surface area contributed by atoms with Gasteiger partial charge in [-0.25, -0.2) is 4.98 Å². The van der Waals surface area contributed by atoms with Crippen molar-refractivity contribution in [1.82, 2.24) is 4.98 Å². The molecule has 0 saturated carbocycles. The van der Waals surface area contributed by atoms with Gasteiger partial charge in [0.25, 0.3) is 5.91 Å². The molecule has 0 bridgehead atoms. The first kappa shape index (κ1) is 15.3. The van der Waals surface area contributed by atoms with Gasteiger partial charge in [-0.15, -0.1) is 11.3 Å². The van der Waals surface area contributed by atoms with E-state index in [0.717, 1.165) is 20.9 Å². The zero-order valence-corrected chi connectivity index (χ0v) is 13.9. The Labute approximate surface area is 137 Å². The number of ether oxygens (including phenoxy) is 2. The molecule has 5 nitrogen and oxygen atoms in total. The number of aryl methyl sites for hydroxylation is 1. The van der Waals surface area contributed by atoms with Crippen molar-refractivity contribution in [3.8, 4) is 11.5 Å². The van der Waals surface area contributed by atoms with Crippen molar-refractivity contribution in [3.63, 3.8) is 0 Å². The van der Waals surface area contributed by atoms with Crippen LogP contribution in [0.15, 0.2) is 36.4 Å². The van der Waals surface area contributed by atoms with Crippen LogP contribution in [-0.4, -0.2) is 25.1 Å². The maximum atomic E-state index is 12.5. The smallest absolute Gasteiger partial charge is 0.259 e. The summed E-state index contributed by atoms with van der Waals surface area (Å²) in [6.45, 7) is 1.96. The van der Waals surface area contributed by atoms with Gasteiger partial charge >= 0.3 is 0 Å². The van der Waals surface area contributed by atoms with Crippen molar-refractivity contribution in [1.29, 1.82) is 0 Å². The van der Waals surface area contributed by atoms with E-state index in [1.165, 1.54) is 7.11 Å². The topological polar surface area (TPSA) is 60.5 Å². The first-order valence-electron chi connectivity index (χ1n) is 7.02. The Morgan fingerprint density at radius 2 is 2.00 bits per heavy atom. The van der Waals surface area contributed by atoms with Crippen molar-refractivity contribution in [3.05, 3.63) is 47.0 Å². The molecule has 0 aliphatic rings. The van der Waals surface area contributed by atoms with E-state index < -0.39 is 0 Å². The third-order valence-corrected chi connectivity index (χ3v) is 4.33. The zero-order valence-electron chi connectivity index (χ0n) is 13.0. The third-order valence-electron chi connectivity index (χ3n) is 3.40. The molecule has 0 atom stereocenters. The molecule has 0 radical (unpaired) electrons. The molecule has 1 heterocycles. The van der Waals surface area contributed by atoms with E-state index >= 15 is 0 Å². The molecule has 23 heavy (non-hydrogen) atoms. The lowest BCUT2D eigenvalue weighted by Crippen LogP contribution is -2.13. The number of hydrogen-bond donors (Lipinski definition) is 1. The van der Waals surface area contributed by atoms with Gasteiger partial charge in [-0.2, -0.15) is 0 Å². The minimum Gasteiger partial charge on any atom is -0.493 e. The Morgan fingerprint density at radius 1 is 1.17 bits per heavy atom. The van der Waals surface area contributed by atoms with Gasteiger partial charge in [0, 0.05) is 5.69 Å². The van der Waals surface area contributed by atoms with Crippen LogP contribution < -0.4 is 14.8 Å². The number of fused-ring (bicyclic) bond motifs is 1. The van der Waals surface area contributed by atoms with Crippen molar-refractivity contribution >= 4 is 33.1 Å². The Hall–Kier alpha value is -2.60. The fourth-order valence-corrected chi connectivity index (χ4v) is 3.25. The van der Waals surface area contributed by atoms with Crippen LogP contribution in [0.25, 0.3) is 10.2 Å². The SMILES string of the molecule is COc1cccc(C(=O)Nc2ccc3nc(C)sc3c2)c1OC. The number of methoxy groups -OCH3 is 2. The van der Waals surface area contributed by atoms with Gasteiger partial charge in [0.05, 0.1) is 35.0 Å². The van der Waals surface area contributed by atoms with Crippen molar-refractivity contribution in [2.75, 3.05) is 19.5 Å². The molecule has 2 aromatic carbocycles. The summed E-state index contributed by atoms with van der Waals surface area (Å²) < 4.78 is 11.6. The van der Waals surface area contributed by atoms with Gasteiger partial charge in [0.2, 0.25) is 0 Å². The molecular weight excluding hydrogens is 312 g/mol. The molecule has 3 rings (SSSR count). The van der Waals surface area contributed by atoms with E-state index in [1.807, 2.05) is 25.1 Å². The molecule has 118 valence electrons. The average molecular weight is 328 g/mol. The highest BCUT2D eigenvalue weighted by atomic mass is 32.1. The minimum absolute atomic E-state index is 0.249. The number of para-hydroxylation sites is 1. The van der Waals surface area contributed by atoms with Gasteiger partial charge in [-0.1, -0.05) is 6.07 Å². The molecule has 0 aliphatic heterocycles. The number of nitrogens with zero attached hydrogens (tertiary/aromatic N) is 1. The average Bonchev–Trinajstić information content (AvgIpc) is 2.93. The predicted molar refractivity (Wildman–Crippen MR) is 91.9 cm³/mol. The number of hydrogen-bond acceptors (Lipinski definition) is 5. The van der Waals surface area contributed by atoms with Crippen LogP contribution >= 0.6 is 11.3 Å². The van der Waals surface area contributed by atoms with E-state index in [9.17, 15) is 4.79 Å². The number of carbonyl (C=O) groups excluding carboxylic acids is 1. The van der Waals surface area contributed by atoms with Crippen molar-refractivity contribution in [2.45, 2.75) is 6.92 Å². The predicted octanol–water partition coefficient (Wildman–Crippen LogP) is 3.87. The quantitative estimate of drug-likeness (QED) is 0.790. The summed E-state index contributed by atoms with van der Waals surface area (Å²) in [6.07, 6.45) is 0. The molecule has 1 aromatic heterocycles. The first-order chi connectivity index (χ1) is 11.1. The van der Waals surface area contributed by atoms with E-state index in [2.05, 4.69) is 10.3 Å². The highest BCUT2D eigenvalue weighted by Crippen LogP contribution is 2.31. The van der Waals surface area contributed by atoms with E-state index in [-0.39, 0.29) is 5.91 Å². The molecule has 0 aliphatic carbocycles. The van der Waals surface area contributed by atoms with Crippen LogP contribution in [0.1, 0.15) is 15.4 Å². The van der Waals surface area contributed by atoms with Gasteiger partial charge < -0.3 is 14.8 Å². The van der Waals surface area contributed by atoms with Crippen LogP contribution in [0.2, 0.25) is 0 Å². The molecule has 0 spiro atoms. The monoisotopic (exact) mass is 328 g/mol. The van der Waals surface area contributed by atoms with Crippen LogP contribution in [0.5, 0.6) is 11.5 Å². The number of nitrogens with one attached hydrogen (secondary N) is 1. The van der Waals surface area contributed by atoms with Gasteiger partial charge in [0.1, 0.15) is 0 Å². The summed E-state index contributed by atoms with van der Waals surface area (Å²) >= 11 is 1.60. The number of thiazole rings is 1. The number of anilines is 1. The maximum Gasteiger partial charge on any atom is 0.259 e. The van der Waals surface area contributed by atoms with Gasteiger partial charge in [-0.3, -0.25) is 4.79 Å². The van der Waals surface area contributed by atoms with Gasteiger partial charge in [-0.05, 0) is 37.3 Å². The van der Waals surface area contributed by atoms with Crippen molar-refractivity contribution < 1.29 is 14.3 Å². The number of amides is 1. The largest absolute Gasteiger partial charge is 0.493 e. The second-order valence-electron chi connectivity index (χ2n) is 4.91. The Morgan fingerprint density at radius 3 is 2.74 bits per heavy atom. The lowest BCUT2D eigenvalue weighted by atomic mass is 10.1. The Balaban J connectivity index is 1.91. The third kappa shape index (κ3) is 2.98. The zero-order chi connectivity index (χ0) is 16.4. The number of carbonyl (C=O) groups is 1. The molecule has 0 unspecified atom stereocenters. The molecule has 1 amide bonds. The Kier molecular flexibility index (Phi) is 4.16. The highest BCUT2D eigenvalue weighted by molar-refractivity contribution is 7.18. The Bertz CT molecular complexity index is 873. The fourth-order valence-electron chi connectivity index (χ4n) is 2.38. The number of aromatic nitrogens is 1. The van der Waals surface area contributed by atoms with Crippen LogP contribution in [-0.2, 0) is 0 Å². The standard InChI is InChI=1S/C17H16N2O3S/c1-10-18-13-8-7-11(9-15(13)23-10)19-17(20)12-5-4-6-14(21-2)16(12)22-3/h4-9H,1-3H3,(H,19,20). The van der Waals surface area contributed by atoms with Gasteiger partial charge in [0.15, 0.2) is 11.5 Å². The first-order valence-corrected chi connectivity index (χ1v) is 7.83. The fraction of sp³-hybridized carbons (Fsp3) is 0.176. The normalized spacial score (nSPS) is 10.6. The number of benzene rings is 2. The summed E-state index contributed by atoms with van der Waals surface area (Å²) in [5.41, 5.74) is 2.08. The second-order valence-corrected chi connectivity index (χ2v) is 6.15. The van der Waals surface area contributed by atoms with Crippen LogP contribution in [0.4, 0.5) is 5.69 Å². The molecule has 0 saturated heterocycles. The minimum atomic E-state index is -0.249. The van der Waals surface area contributed by atoms with Crippen LogP contribution in [0.3, 0.4) is 0 Å². The molecule has 6 heteroatoms. The lowest BCUT2D eigenvalue weighted by molar-refractivity contribution is 0.102. The van der Waals surface area contributed by atoms with E-state index in [1.54, 1.807) is 36.6 Å². The maximum absolute atomic E-state index is 12.5. The van der Waals surface area contributed by atoms with Crippen LogP contribution in [0, 0.1) is 6.92 Å². The summed E-state index contributed by atoms with van der Waals surface area (Å²) in [6, 6.07) is 10.9. The summed E-state index contributed by atoms with van der Waals surface area (Å²) in [5.74, 6) is 0.692. The molecule has 3 aromatic rings.